The van der Waals surface area contributed by atoms with Gasteiger partial charge in [-0.2, -0.15) is 0 Å². The van der Waals surface area contributed by atoms with Gasteiger partial charge in [0.05, 0.1) is 5.70 Å². The number of rotatable bonds is 11. The number of β-lactam (4-membered cyclic amide) rings is 1. The maximum absolute atomic E-state index is 13.8. The van der Waals surface area contributed by atoms with E-state index in [9.17, 15) is 14.4 Å². The molecular formula is C34H37N5O6S3. The van der Waals surface area contributed by atoms with Gasteiger partial charge in [-0.15, -0.1) is 23.1 Å². The smallest absolute Gasteiger partial charge is 0.350 e. The highest BCUT2D eigenvalue weighted by Crippen LogP contribution is 2.42. The number of ether oxygens (including phenoxy) is 2. The predicted molar refractivity (Wildman–Crippen MR) is 190 cm³/mol. The molecule has 3 atom stereocenters. The minimum atomic E-state index is -1.12. The summed E-state index contributed by atoms with van der Waals surface area (Å²) in [5, 5.41) is 8.27. The first-order chi connectivity index (χ1) is 22.9. The zero-order valence-electron chi connectivity index (χ0n) is 27.2. The second-order valence-electron chi connectivity index (χ2n) is 12.1. The lowest BCUT2D eigenvalue weighted by Crippen LogP contribution is -2.71. The minimum absolute atomic E-state index is 0.141. The summed E-state index contributed by atoms with van der Waals surface area (Å²) in [6.07, 6.45) is -0.942. The van der Waals surface area contributed by atoms with Gasteiger partial charge < -0.3 is 25.4 Å². The Kier molecular flexibility index (Phi) is 10.9. The zero-order valence-corrected chi connectivity index (χ0v) is 29.6. The first-order valence-corrected chi connectivity index (χ1v) is 17.7. The molecule has 2 aliphatic heterocycles. The number of hydrogen-bond acceptors (Lipinski definition) is 12. The number of benzene rings is 2. The largest absolute Gasteiger partial charge is 0.469 e. The van der Waals surface area contributed by atoms with Crippen LogP contribution in [0.3, 0.4) is 0 Å². The van der Waals surface area contributed by atoms with Crippen molar-refractivity contribution in [2.45, 2.75) is 70.3 Å². The molecule has 14 heteroatoms. The number of nitrogen functional groups attached to an aromatic ring is 1. The monoisotopic (exact) mass is 707 g/mol. The normalized spacial score (nSPS) is 18.5. The average molecular weight is 708 g/mol. The van der Waals surface area contributed by atoms with Crippen molar-refractivity contribution >= 4 is 69.0 Å². The quantitative estimate of drug-likeness (QED) is 0.0877. The molecule has 2 amide bonds. The van der Waals surface area contributed by atoms with Crippen LogP contribution in [0.1, 0.15) is 64.0 Å². The van der Waals surface area contributed by atoms with Crippen LogP contribution in [0.25, 0.3) is 0 Å². The van der Waals surface area contributed by atoms with E-state index < -0.39 is 41.1 Å². The second kappa shape index (κ2) is 14.9. The highest BCUT2D eigenvalue weighted by atomic mass is 32.2. The Balaban J connectivity index is 1.35. The number of carbonyl (C=O) groups is 3. The number of carbonyl (C=O) groups excluding carboxylic acids is 3. The summed E-state index contributed by atoms with van der Waals surface area (Å²) in [6.45, 7) is 8.66. The number of esters is 1. The molecule has 1 saturated heterocycles. The summed E-state index contributed by atoms with van der Waals surface area (Å²) in [7, 11) is 0. The molecule has 5 rings (SSSR count). The fourth-order valence-electron chi connectivity index (χ4n) is 5.06. The Bertz CT molecular complexity index is 1700. The van der Waals surface area contributed by atoms with Gasteiger partial charge in [0, 0.05) is 11.1 Å². The molecule has 48 heavy (non-hydrogen) atoms. The van der Waals surface area contributed by atoms with Crippen LogP contribution in [-0.4, -0.2) is 67.3 Å². The topological polar surface area (TPSA) is 145 Å². The van der Waals surface area contributed by atoms with Crippen LogP contribution >= 0.6 is 35.3 Å². The van der Waals surface area contributed by atoms with Crippen molar-refractivity contribution in [1.29, 1.82) is 0 Å². The maximum atomic E-state index is 13.8. The lowest BCUT2D eigenvalue weighted by Gasteiger charge is -2.50. The molecule has 1 aromatic heterocycles. The van der Waals surface area contributed by atoms with E-state index in [1.54, 1.807) is 31.1 Å². The first kappa shape index (κ1) is 35.0. The highest BCUT2D eigenvalue weighted by Gasteiger charge is 2.54. The Hall–Kier alpha value is -4.27. The average Bonchev–Trinajstić information content (AvgIpc) is 3.50. The number of thiazole rings is 1. The molecule has 3 heterocycles. The van der Waals surface area contributed by atoms with Gasteiger partial charge in [0.1, 0.15) is 28.8 Å². The number of thiocarbonyl (C=S) groups is 1. The van der Waals surface area contributed by atoms with Crippen LogP contribution in [0.4, 0.5) is 5.13 Å². The van der Waals surface area contributed by atoms with Crippen molar-refractivity contribution in [3.63, 3.8) is 0 Å². The van der Waals surface area contributed by atoms with Gasteiger partial charge in [0.2, 0.25) is 11.2 Å². The Labute approximate surface area is 292 Å². The van der Waals surface area contributed by atoms with Crippen LogP contribution < -0.4 is 11.1 Å². The SMILES string of the molecule is CCC1=C(C(=S)OC(c2ccccc2)c2ccccc2)N2C(=O)C(NC(=O)C(=NOC(C)C(=O)OC(C)(C)C)c3csc(N)n3)[C@H]2SC1. The molecule has 2 aliphatic rings. The van der Waals surface area contributed by atoms with Crippen LogP contribution in [0.2, 0.25) is 0 Å². The van der Waals surface area contributed by atoms with Gasteiger partial charge in [0.25, 0.3) is 11.8 Å². The lowest BCUT2D eigenvalue weighted by atomic mass is 10.00. The molecule has 0 radical (unpaired) electrons. The van der Waals surface area contributed by atoms with E-state index in [0.29, 0.717) is 17.9 Å². The van der Waals surface area contributed by atoms with Gasteiger partial charge in [-0.25, -0.2) is 9.78 Å². The van der Waals surface area contributed by atoms with E-state index in [4.69, 9.17) is 32.3 Å². The number of fused-ring (bicyclic) bond motifs is 1. The maximum Gasteiger partial charge on any atom is 0.350 e. The van der Waals surface area contributed by atoms with E-state index in [1.165, 1.54) is 18.7 Å². The van der Waals surface area contributed by atoms with Crippen molar-refractivity contribution in [3.05, 3.63) is 94.1 Å². The molecule has 11 nitrogen and oxygen atoms in total. The summed E-state index contributed by atoms with van der Waals surface area (Å²) < 4.78 is 11.8. The molecule has 2 unspecified atom stereocenters. The van der Waals surface area contributed by atoms with Crippen molar-refractivity contribution in [2.75, 3.05) is 11.5 Å². The number of amides is 2. The number of hydrogen-bond donors (Lipinski definition) is 2. The third-order valence-electron chi connectivity index (χ3n) is 7.40. The molecule has 2 aromatic carbocycles. The molecular weight excluding hydrogens is 671 g/mol. The van der Waals surface area contributed by atoms with Crippen molar-refractivity contribution in [2.24, 2.45) is 5.16 Å². The Morgan fingerprint density at radius 3 is 2.29 bits per heavy atom. The van der Waals surface area contributed by atoms with Gasteiger partial charge in [-0.3, -0.25) is 14.5 Å². The molecule has 0 bridgehead atoms. The minimum Gasteiger partial charge on any atom is -0.469 e. The number of nitrogens with zero attached hydrogens (tertiary/aromatic N) is 3. The summed E-state index contributed by atoms with van der Waals surface area (Å²) in [6, 6.07) is 18.6. The molecule has 0 saturated carbocycles. The van der Waals surface area contributed by atoms with Gasteiger partial charge in [-0.05, 0) is 63.0 Å². The third kappa shape index (κ3) is 7.88. The zero-order chi connectivity index (χ0) is 34.6. The van der Waals surface area contributed by atoms with Gasteiger partial charge in [0.15, 0.2) is 10.8 Å². The second-order valence-corrected chi connectivity index (χ2v) is 14.4. The molecule has 252 valence electrons. The van der Waals surface area contributed by atoms with Crippen molar-refractivity contribution < 1.29 is 28.7 Å². The van der Waals surface area contributed by atoms with Gasteiger partial charge in [-0.1, -0.05) is 72.7 Å². The summed E-state index contributed by atoms with van der Waals surface area (Å²) >= 11 is 8.53. The van der Waals surface area contributed by atoms with E-state index >= 15 is 0 Å². The van der Waals surface area contributed by atoms with Gasteiger partial charge >= 0.3 is 5.97 Å². The fourth-order valence-corrected chi connectivity index (χ4v) is 7.39. The predicted octanol–water partition coefficient (Wildman–Crippen LogP) is 5.37. The number of aromatic nitrogens is 1. The summed E-state index contributed by atoms with van der Waals surface area (Å²) in [4.78, 5) is 51.0. The van der Waals surface area contributed by atoms with E-state index in [-0.39, 0.29) is 27.5 Å². The number of thioether (sulfide) groups is 1. The number of oxime groups is 1. The number of anilines is 1. The van der Waals surface area contributed by atoms with E-state index in [0.717, 1.165) is 28.0 Å². The molecule has 0 aliphatic carbocycles. The van der Waals surface area contributed by atoms with E-state index in [1.807, 2.05) is 67.6 Å². The number of nitrogens with two attached hydrogens (primary N) is 1. The van der Waals surface area contributed by atoms with Crippen LogP contribution in [0.5, 0.6) is 0 Å². The standard InChI is InChI=1S/C34H37N5O6S3/c1-6-20-17-47-30-25(37-28(40)24(23-18-48-33(35)36-23)38-45-19(2)31(42)44-34(3,4)5)29(41)39(30)26(20)32(46)43-27(21-13-9-7-10-14-21)22-15-11-8-12-16-22/h7-16,18-19,25,27,30H,6,17H2,1-5H3,(H2,35,36)(H,37,40)/t19?,25?,30-/m1/s1. The first-order valence-electron chi connectivity index (χ1n) is 15.3. The molecule has 3 aromatic rings. The third-order valence-corrected chi connectivity index (χ3v) is 9.71. The highest BCUT2D eigenvalue weighted by molar-refractivity contribution is 8.00. The summed E-state index contributed by atoms with van der Waals surface area (Å²) in [5.74, 6) is -1.12. The molecule has 0 spiro atoms. The van der Waals surface area contributed by atoms with Crippen LogP contribution in [0, 0.1) is 0 Å². The Morgan fingerprint density at radius 1 is 1.12 bits per heavy atom. The van der Waals surface area contributed by atoms with E-state index in [2.05, 4.69) is 15.5 Å². The van der Waals surface area contributed by atoms with Crippen molar-refractivity contribution in [1.82, 2.24) is 15.2 Å². The van der Waals surface area contributed by atoms with Crippen molar-refractivity contribution in [3.8, 4) is 0 Å². The fraction of sp³-hybridized carbons (Fsp3) is 0.353. The molecule has 1 fully saturated rings. The van der Waals surface area contributed by atoms with Crippen LogP contribution in [0.15, 0.2) is 82.5 Å². The van der Waals surface area contributed by atoms with Crippen LogP contribution in [-0.2, 0) is 28.7 Å². The molecule has 3 N–H and O–H groups in total. The lowest BCUT2D eigenvalue weighted by molar-refractivity contribution is -0.167. The summed E-state index contributed by atoms with van der Waals surface area (Å²) in [5.41, 5.74) is 8.37. The number of nitrogens with one attached hydrogen (secondary N) is 1. The Morgan fingerprint density at radius 2 is 1.75 bits per heavy atom.